The lowest BCUT2D eigenvalue weighted by Crippen LogP contribution is -2.29. The fourth-order valence-electron chi connectivity index (χ4n) is 2.00. The molecule has 5 heteroatoms. The van der Waals surface area contributed by atoms with Crippen molar-refractivity contribution in [2.75, 3.05) is 0 Å². The van der Waals surface area contributed by atoms with Crippen molar-refractivity contribution in [1.29, 1.82) is 0 Å². The molecular weight excluding hydrogens is 274 g/mol. The fourth-order valence-corrected chi connectivity index (χ4v) is 2.20. The van der Waals surface area contributed by atoms with E-state index in [4.69, 9.17) is 22.2 Å². The van der Waals surface area contributed by atoms with Crippen molar-refractivity contribution < 1.29 is 4.74 Å². The number of nitrogens with two attached hydrogens (primary N) is 1. The van der Waals surface area contributed by atoms with Crippen LogP contribution in [0.25, 0.3) is 0 Å². The van der Waals surface area contributed by atoms with Crippen molar-refractivity contribution in [3.05, 3.63) is 58.9 Å². The monoisotopic (exact) mass is 291 g/mol. The molecule has 3 N–H and O–H groups in total. The van der Waals surface area contributed by atoms with Gasteiger partial charge in [-0.05, 0) is 43.2 Å². The first-order valence-corrected chi connectivity index (χ1v) is 6.81. The van der Waals surface area contributed by atoms with Crippen LogP contribution in [-0.2, 0) is 0 Å². The maximum atomic E-state index is 6.02. The van der Waals surface area contributed by atoms with Crippen molar-refractivity contribution >= 4 is 11.6 Å². The van der Waals surface area contributed by atoms with Crippen LogP contribution in [0.5, 0.6) is 5.75 Å². The Morgan fingerprint density at radius 3 is 2.65 bits per heavy atom. The number of rotatable bonds is 5. The molecule has 1 aromatic carbocycles. The molecule has 0 saturated heterocycles. The van der Waals surface area contributed by atoms with Gasteiger partial charge in [0.25, 0.3) is 0 Å². The van der Waals surface area contributed by atoms with E-state index in [-0.39, 0.29) is 12.1 Å². The molecule has 2 rings (SSSR count). The third kappa shape index (κ3) is 3.70. The lowest BCUT2D eigenvalue weighted by atomic mass is 10.0. The number of ether oxygens (including phenoxy) is 1. The summed E-state index contributed by atoms with van der Waals surface area (Å²) < 4.78 is 5.65. The molecule has 0 spiro atoms. The molecule has 1 heterocycles. The Bertz CT molecular complexity index is 575. The van der Waals surface area contributed by atoms with Crippen LogP contribution in [-0.4, -0.2) is 11.1 Å². The number of pyridine rings is 1. The highest BCUT2D eigenvalue weighted by Gasteiger charge is 2.14. The van der Waals surface area contributed by atoms with Gasteiger partial charge in [0.2, 0.25) is 0 Å². The Kier molecular flexibility index (Phi) is 4.95. The van der Waals surface area contributed by atoms with Crippen LogP contribution in [0.4, 0.5) is 0 Å². The number of hydrazine groups is 1. The van der Waals surface area contributed by atoms with Gasteiger partial charge in [0.1, 0.15) is 5.75 Å². The van der Waals surface area contributed by atoms with Crippen LogP contribution in [0.1, 0.15) is 31.0 Å². The maximum Gasteiger partial charge on any atom is 0.138 e. The van der Waals surface area contributed by atoms with Gasteiger partial charge in [-0.1, -0.05) is 23.7 Å². The van der Waals surface area contributed by atoms with E-state index in [1.165, 1.54) is 0 Å². The lowest BCUT2D eigenvalue weighted by molar-refractivity contribution is 0.241. The van der Waals surface area contributed by atoms with Crippen molar-refractivity contribution in [2.45, 2.75) is 26.0 Å². The average molecular weight is 292 g/mol. The van der Waals surface area contributed by atoms with Crippen molar-refractivity contribution in [1.82, 2.24) is 10.4 Å². The van der Waals surface area contributed by atoms with Crippen LogP contribution in [0, 0.1) is 0 Å². The van der Waals surface area contributed by atoms with Crippen molar-refractivity contribution in [3.8, 4) is 5.75 Å². The quantitative estimate of drug-likeness (QED) is 0.656. The molecule has 106 valence electrons. The molecular formula is C15H18ClN3O. The second kappa shape index (κ2) is 6.70. The highest BCUT2D eigenvalue weighted by molar-refractivity contribution is 6.30. The molecule has 0 amide bonds. The number of hydrogen-bond donors (Lipinski definition) is 2. The fraction of sp³-hybridized carbons (Fsp3) is 0.267. The molecule has 20 heavy (non-hydrogen) atoms. The Hall–Kier alpha value is -1.62. The Morgan fingerprint density at radius 2 is 2.00 bits per heavy atom. The average Bonchev–Trinajstić information content (AvgIpc) is 2.39. The second-order valence-corrected chi connectivity index (χ2v) is 5.21. The Morgan fingerprint density at radius 1 is 1.20 bits per heavy atom. The number of halogens is 1. The van der Waals surface area contributed by atoms with E-state index in [1.54, 1.807) is 12.4 Å². The topological polar surface area (TPSA) is 60.2 Å². The van der Waals surface area contributed by atoms with Crippen LogP contribution in [0.3, 0.4) is 0 Å². The van der Waals surface area contributed by atoms with Gasteiger partial charge < -0.3 is 4.74 Å². The minimum Gasteiger partial charge on any atom is -0.489 e. The summed E-state index contributed by atoms with van der Waals surface area (Å²) in [6.45, 7) is 3.95. The van der Waals surface area contributed by atoms with Gasteiger partial charge in [-0.2, -0.15) is 0 Å². The molecule has 4 nitrogen and oxygen atoms in total. The minimum atomic E-state index is -0.183. The van der Waals surface area contributed by atoms with Crippen LogP contribution < -0.4 is 16.0 Å². The molecule has 0 aliphatic rings. The van der Waals surface area contributed by atoms with Crippen molar-refractivity contribution in [2.24, 2.45) is 5.84 Å². The summed E-state index contributed by atoms with van der Waals surface area (Å²) in [5.74, 6) is 6.40. The highest BCUT2D eigenvalue weighted by Crippen LogP contribution is 2.25. The van der Waals surface area contributed by atoms with E-state index in [0.717, 1.165) is 16.9 Å². The summed E-state index contributed by atoms with van der Waals surface area (Å²) in [5.41, 5.74) is 4.69. The molecule has 1 atom stereocenters. The number of nitrogens with one attached hydrogen (secondary N) is 1. The zero-order chi connectivity index (χ0) is 14.5. The molecule has 0 radical (unpaired) electrons. The van der Waals surface area contributed by atoms with Gasteiger partial charge in [-0.15, -0.1) is 0 Å². The summed E-state index contributed by atoms with van der Waals surface area (Å²) >= 11 is 6.02. The predicted octanol–water partition coefficient (Wildman–Crippen LogP) is 3.07. The smallest absolute Gasteiger partial charge is 0.138 e. The van der Waals surface area contributed by atoms with Crippen LogP contribution in [0.2, 0.25) is 5.02 Å². The van der Waals surface area contributed by atoms with Crippen molar-refractivity contribution in [3.63, 3.8) is 0 Å². The normalized spacial score (nSPS) is 12.4. The van der Waals surface area contributed by atoms with Gasteiger partial charge >= 0.3 is 0 Å². The Balaban J connectivity index is 2.32. The third-order valence-electron chi connectivity index (χ3n) is 2.79. The first-order chi connectivity index (χ1) is 9.60. The first-order valence-electron chi connectivity index (χ1n) is 6.43. The summed E-state index contributed by atoms with van der Waals surface area (Å²) in [6, 6.07) is 9.31. The number of hydrogen-bond acceptors (Lipinski definition) is 4. The molecule has 0 bridgehead atoms. The van der Waals surface area contributed by atoms with Gasteiger partial charge in [0.15, 0.2) is 0 Å². The lowest BCUT2D eigenvalue weighted by Gasteiger charge is -2.18. The highest BCUT2D eigenvalue weighted by atomic mass is 35.5. The maximum absolute atomic E-state index is 6.02. The molecule has 1 aromatic heterocycles. The summed E-state index contributed by atoms with van der Waals surface area (Å²) in [6.07, 6.45) is 3.55. The van der Waals surface area contributed by atoms with E-state index < -0.39 is 0 Å². The predicted molar refractivity (Wildman–Crippen MR) is 80.6 cm³/mol. The number of benzene rings is 1. The van der Waals surface area contributed by atoms with Gasteiger partial charge in [0.05, 0.1) is 18.3 Å². The number of nitrogens with zero attached hydrogens (tertiary/aromatic N) is 1. The van der Waals surface area contributed by atoms with Gasteiger partial charge in [0, 0.05) is 11.2 Å². The molecule has 1 unspecified atom stereocenters. The molecule has 0 saturated carbocycles. The minimum absolute atomic E-state index is 0.0995. The summed E-state index contributed by atoms with van der Waals surface area (Å²) in [5, 5.41) is 0.672. The second-order valence-electron chi connectivity index (χ2n) is 4.78. The number of aromatic nitrogens is 1. The largest absolute Gasteiger partial charge is 0.489 e. The standard InChI is InChI=1S/C15H18ClN3O/c1-10(2)20-14-7-12(8-18-9-14)15(19-17)11-4-3-5-13(16)6-11/h3-10,15,19H,17H2,1-2H3. The zero-order valence-electron chi connectivity index (χ0n) is 11.5. The molecule has 0 aliphatic carbocycles. The SMILES string of the molecule is CC(C)Oc1cncc(C(NN)c2cccc(Cl)c2)c1. The molecule has 0 aliphatic heterocycles. The third-order valence-corrected chi connectivity index (χ3v) is 3.02. The van der Waals surface area contributed by atoms with E-state index in [1.807, 2.05) is 44.2 Å². The van der Waals surface area contributed by atoms with E-state index in [2.05, 4.69) is 10.4 Å². The van der Waals surface area contributed by atoms with Crippen LogP contribution >= 0.6 is 11.6 Å². The van der Waals surface area contributed by atoms with Gasteiger partial charge in [-0.3, -0.25) is 10.8 Å². The van der Waals surface area contributed by atoms with Crippen LogP contribution in [0.15, 0.2) is 42.7 Å². The van der Waals surface area contributed by atoms with E-state index in [0.29, 0.717) is 5.02 Å². The molecule has 0 fully saturated rings. The first kappa shape index (κ1) is 14.8. The zero-order valence-corrected chi connectivity index (χ0v) is 12.3. The van der Waals surface area contributed by atoms with E-state index >= 15 is 0 Å². The summed E-state index contributed by atoms with van der Waals surface area (Å²) in [7, 11) is 0. The van der Waals surface area contributed by atoms with Gasteiger partial charge in [-0.25, -0.2) is 5.43 Å². The Labute approximate surface area is 123 Å². The summed E-state index contributed by atoms with van der Waals surface area (Å²) in [4.78, 5) is 4.20. The molecule has 2 aromatic rings. The van der Waals surface area contributed by atoms with E-state index in [9.17, 15) is 0 Å².